The third-order valence-corrected chi connectivity index (χ3v) is 5.16. The van der Waals surface area contributed by atoms with Crippen LogP contribution in [0.4, 0.5) is 5.69 Å². The average Bonchev–Trinajstić information content (AvgIpc) is 3.20. The van der Waals surface area contributed by atoms with Gasteiger partial charge in [-0.05, 0) is 43.2 Å². The van der Waals surface area contributed by atoms with Crippen molar-refractivity contribution < 1.29 is 0 Å². The van der Waals surface area contributed by atoms with Crippen LogP contribution in [0.2, 0.25) is 0 Å². The second-order valence-corrected chi connectivity index (χ2v) is 6.99. The number of hydrogen-bond donors (Lipinski definition) is 1. The minimum atomic E-state index is -0.251. The Morgan fingerprint density at radius 1 is 0.929 bits per heavy atom. The molecule has 0 aliphatic heterocycles. The molecule has 5 nitrogen and oxygen atoms in total. The lowest BCUT2D eigenvalue weighted by Gasteiger charge is -2.06. The number of aryl methyl sites for hydroxylation is 2. The van der Waals surface area contributed by atoms with E-state index in [1.54, 1.807) is 18.2 Å². The minimum absolute atomic E-state index is 0.0721. The van der Waals surface area contributed by atoms with E-state index in [9.17, 15) is 5.26 Å². The Kier molecular flexibility index (Phi) is 5.51. The second-order valence-electron chi connectivity index (χ2n) is 6.13. The van der Waals surface area contributed by atoms with Crippen LogP contribution in [0.15, 0.2) is 59.1 Å². The molecule has 1 aromatic heterocycles. The number of thiazole rings is 1. The second kappa shape index (κ2) is 8.18. The standard InChI is InChI=1S/C22H15N5S/c1-14-6-7-16(8-15(14)2)21-13-28-22(27-21)17-4-3-5-19(9-17)26-20(12-25)18(10-23)11-24/h3-9,13,26H,1-2H3. The Bertz CT molecular complexity index is 1180. The van der Waals surface area contributed by atoms with E-state index < -0.39 is 0 Å². The van der Waals surface area contributed by atoms with E-state index in [0.717, 1.165) is 21.8 Å². The van der Waals surface area contributed by atoms with E-state index in [0.29, 0.717) is 5.69 Å². The number of hydrogen-bond acceptors (Lipinski definition) is 6. The molecular weight excluding hydrogens is 366 g/mol. The van der Waals surface area contributed by atoms with Gasteiger partial charge in [-0.1, -0.05) is 24.3 Å². The quantitative estimate of drug-likeness (QED) is 0.616. The van der Waals surface area contributed by atoms with Crippen molar-refractivity contribution in [1.29, 1.82) is 15.8 Å². The van der Waals surface area contributed by atoms with Crippen LogP contribution in [0, 0.1) is 47.8 Å². The number of allylic oxidation sites excluding steroid dienone is 2. The summed E-state index contributed by atoms with van der Waals surface area (Å²) in [4.78, 5) is 4.74. The maximum Gasteiger partial charge on any atom is 0.163 e. The highest BCUT2D eigenvalue weighted by molar-refractivity contribution is 7.13. The number of aromatic nitrogens is 1. The van der Waals surface area contributed by atoms with Crippen molar-refractivity contribution in [1.82, 2.24) is 4.98 Å². The summed E-state index contributed by atoms with van der Waals surface area (Å²) >= 11 is 1.54. The van der Waals surface area contributed by atoms with E-state index in [2.05, 4.69) is 37.4 Å². The van der Waals surface area contributed by atoms with Crippen LogP contribution < -0.4 is 5.32 Å². The van der Waals surface area contributed by atoms with Crippen LogP contribution in [0.3, 0.4) is 0 Å². The predicted octanol–water partition coefficient (Wildman–Crippen LogP) is 5.33. The highest BCUT2D eigenvalue weighted by atomic mass is 32.1. The monoisotopic (exact) mass is 381 g/mol. The van der Waals surface area contributed by atoms with Crippen molar-refractivity contribution in [3.63, 3.8) is 0 Å². The van der Waals surface area contributed by atoms with Crippen molar-refractivity contribution in [2.24, 2.45) is 0 Å². The topological polar surface area (TPSA) is 96.3 Å². The molecule has 6 heteroatoms. The Labute approximate surface area is 167 Å². The largest absolute Gasteiger partial charge is 0.345 e. The molecule has 2 aromatic carbocycles. The summed E-state index contributed by atoms with van der Waals surface area (Å²) in [5.41, 5.74) is 5.62. The summed E-state index contributed by atoms with van der Waals surface area (Å²) in [5.74, 6) is 0. The van der Waals surface area contributed by atoms with Crippen LogP contribution in [0.1, 0.15) is 11.1 Å². The Balaban J connectivity index is 1.91. The summed E-state index contributed by atoms with van der Waals surface area (Å²) in [6.07, 6.45) is 0. The summed E-state index contributed by atoms with van der Waals surface area (Å²) in [6.45, 7) is 4.16. The van der Waals surface area contributed by atoms with Crippen molar-refractivity contribution in [3.8, 4) is 40.0 Å². The Hall–Kier alpha value is -3.92. The van der Waals surface area contributed by atoms with E-state index in [1.807, 2.05) is 29.6 Å². The van der Waals surface area contributed by atoms with Gasteiger partial charge in [0.15, 0.2) is 5.57 Å². The molecule has 0 aliphatic rings. The first kappa shape index (κ1) is 18.9. The van der Waals surface area contributed by atoms with Gasteiger partial charge in [0.05, 0.1) is 5.69 Å². The summed E-state index contributed by atoms with van der Waals surface area (Å²) in [6, 6.07) is 19.0. The minimum Gasteiger partial charge on any atom is -0.345 e. The molecule has 1 N–H and O–H groups in total. The zero-order valence-corrected chi connectivity index (χ0v) is 16.1. The molecule has 3 rings (SSSR count). The Morgan fingerprint density at radius 3 is 2.39 bits per heavy atom. The van der Waals surface area contributed by atoms with E-state index >= 15 is 0 Å². The molecule has 1 heterocycles. The molecule has 134 valence electrons. The third-order valence-electron chi connectivity index (χ3n) is 4.27. The molecule has 0 unspecified atom stereocenters. The fourth-order valence-corrected chi connectivity index (χ4v) is 3.42. The lowest BCUT2D eigenvalue weighted by molar-refractivity contribution is 1.32. The van der Waals surface area contributed by atoms with Crippen LogP contribution in [-0.2, 0) is 0 Å². The highest BCUT2D eigenvalue weighted by Crippen LogP contribution is 2.31. The first-order valence-corrected chi connectivity index (χ1v) is 9.29. The number of nitrogens with zero attached hydrogens (tertiary/aromatic N) is 4. The molecule has 0 fully saturated rings. The van der Waals surface area contributed by atoms with Crippen LogP contribution in [0.5, 0.6) is 0 Å². The summed E-state index contributed by atoms with van der Waals surface area (Å²) in [7, 11) is 0. The fourth-order valence-electron chi connectivity index (χ4n) is 2.60. The van der Waals surface area contributed by atoms with Gasteiger partial charge in [0.25, 0.3) is 0 Å². The number of benzene rings is 2. The van der Waals surface area contributed by atoms with Gasteiger partial charge in [-0.25, -0.2) is 4.98 Å². The van der Waals surface area contributed by atoms with E-state index in [4.69, 9.17) is 15.5 Å². The van der Waals surface area contributed by atoms with Gasteiger partial charge in [-0.3, -0.25) is 0 Å². The Morgan fingerprint density at radius 2 is 1.71 bits per heavy atom. The summed E-state index contributed by atoms with van der Waals surface area (Å²) < 4.78 is 0. The summed E-state index contributed by atoms with van der Waals surface area (Å²) in [5, 5.41) is 32.8. The van der Waals surface area contributed by atoms with Gasteiger partial charge in [-0.15, -0.1) is 11.3 Å². The molecule has 0 saturated heterocycles. The molecule has 3 aromatic rings. The van der Waals surface area contributed by atoms with Gasteiger partial charge in [0.2, 0.25) is 0 Å². The first-order valence-electron chi connectivity index (χ1n) is 8.41. The van der Waals surface area contributed by atoms with Gasteiger partial charge in [0.1, 0.15) is 28.9 Å². The maximum absolute atomic E-state index is 9.19. The van der Waals surface area contributed by atoms with Gasteiger partial charge >= 0.3 is 0 Å². The molecule has 0 radical (unpaired) electrons. The molecule has 0 saturated carbocycles. The molecule has 0 bridgehead atoms. The molecular formula is C22H15N5S. The van der Waals surface area contributed by atoms with E-state index in [1.165, 1.54) is 22.5 Å². The number of rotatable bonds is 4. The molecule has 0 spiro atoms. The van der Waals surface area contributed by atoms with Crippen molar-refractivity contribution in [2.45, 2.75) is 13.8 Å². The van der Waals surface area contributed by atoms with E-state index in [-0.39, 0.29) is 11.3 Å². The highest BCUT2D eigenvalue weighted by Gasteiger charge is 2.10. The van der Waals surface area contributed by atoms with Crippen molar-refractivity contribution in [3.05, 3.63) is 70.2 Å². The number of nitriles is 3. The van der Waals surface area contributed by atoms with Crippen LogP contribution >= 0.6 is 11.3 Å². The van der Waals surface area contributed by atoms with Crippen molar-refractivity contribution in [2.75, 3.05) is 5.32 Å². The SMILES string of the molecule is Cc1ccc(-c2csc(-c3cccc(NC(C#N)=C(C#N)C#N)c3)n2)cc1C. The molecule has 0 atom stereocenters. The molecule has 28 heavy (non-hydrogen) atoms. The van der Waals surface area contributed by atoms with Crippen molar-refractivity contribution >= 4 is 17.0 Å². The van der Waals surface area contributed by atoms with Gasteiger partial charge < -0.3 is 5.32 Å². The molecule has 0 aliphatic carbocycles. The number of anilines is 1. The fraction of sp³-hybridized carbons (Fsp3) is 0.0909. The lowest BCUT2D eigenvalue weighted by atomic mass is 10.1. The zero-order chi connectivity index (χ0) is 20.1. The predicted molar refractivity (Wildman–Crippen MR) is 110 cm³/mol. The van der Waals surface area contributed by atoms with Crippen LogP contribution in [-0.4, -0.2) is 4.98 Å². The smallest absolute Gasteiger partial charge is 0.163 e. The van der Waals surface area contributed by atoms with Crippen LogP contribution in [0.25, 0.3) is 21.8 Å². The normalized spacial score (nSPS) is 9.68. The van der Waals surface area contributed by atoms with Gasteiger partial charge in [0, 0.05) is 22.2 Å². The lowest BCUT2D eigenvalue weighted by Crippen LogP contribution is -2.00. The van der Waals surface area contributed by atoms with Gasteiger partial charge in [-0.2, -0.15) is 15.8 Å². The first-order chi connectivity index (χ1) is 13.5. The average molecular weight is 381 g/mol. The number of nitrogens with one attached hydrogen (secondary N) is 1. The molecule has 0 amide bonds. The zero-order valence-electron chi connectivity index (χ0n) is 15.3. The maximum atomic E-state index is 9.19. The third kappa shape index (κ3) is 3.91.